The van der Waals surface area contributed by atoms with Gasteiger partial charge in [-0.25, -0.2) is 9.18 Å². The highest BCUT2D eigenvalue weighted by Gasteiger charge is 2.18. The zero-order valence-electron chi connectivity index (χ0n) is 11.6. The average Bonchev–Trinajstić information content (AvgIpc) is 2.41. The molecule has 2 rings (SSSR count). The van der Waals surface area contributed by atoms with Crippen LogP contribution in [0.15, 0.2) is 18.2 Å². The molecule has 1 aromatic rings. The highest BCUT2D eigenvalue weighted by atomic mass is 19.1. The molecule has 0 radical (unpaired) electrons. The Bertz CT molecular complexity index is 472. The molecule has 1 heterocycles. The van der Waals surface area contributed by atoms with Crippen LogP contribution in [0.4, 0.5) is 4.39 Å². The Kier molecular flexibility index (Phi) is 5.09. The number of nitrogens with zero attached hydrogens (tertiary/aromatic N) is 1. The van der Waals surface area contributed by atoms with E-state index in [1.165, 1.54) is 6.07 Å². The quantitative estimate of drug-likeness (QED) is 0.900. The van der Waals surface area contributed by atoms with Gasteiger partial charge in [0.05, 0.1) is 5.56 Å². The molecule has 0 amide bonds. The van der Waals surface area contributed by atoms with Gasteiger partial charge in [-0.1, -0.05) is 6.07 Å². The third-order valence-corrected chi connectivity index (χ3v) is 3.65. The number of carboxylic acid groups (broad SMARTS) is 1. The van der Waals surface area contributed by atoms with Gasteiger partial charge in [0.25, 0.3) is 0 Å². The lowest BCUT2D eigenvalue weighted by Gasteiger charge is -2.27. The van der Waals surface area contributed by atoms with E-state index in [9.17, 15) is 9.18 Å². The molecule has 0 atom stereocenters. The Morgan fingerprint density at radius 1 is 1.45 bits per heavy atom. The summed E-state index contributed by atoms with van der Waals surface area (Å²) in [5, 5.41) is 9.12. The van der Waals surface area contributed by atoms with Gasteiger partial charge in [0.1, 0.15) is 5.82 Å². The van der Waals surface area contributed by atoms with Crippen LogP contribution in [0.25, 0.3) is 0 Å². The van der Waals surface area contributed by atoms with Crippen LogP contribution < -0.4 is 0 Å². The average molecular weight is 281 g/mol. The standard InChI is InChI=1S/C15H20FNO3/c1-17(9-11-4-6-20-7-5-11)10-12-2-3-13(16)8-14(12)15(18)19/h2-3,8,11H,4-7,9-10H2,1H3,(H,18,19). The van der Waals surface area contributed by atoms with Gasteiger partial charge in [0.2, 0.25) is 0 Å². The number of hydrogen-bond acceptors (Lipinski definition) is 3. The summed E-state index contributed by atoms with van der Waals surface area (Å²) < 4.78 is 18.5. The van der Waals surface area contributed by atoms with Gasteiger partial charge >= 0.3 is 5.97 Å². The maximum atomic E-state index is 13.1. The molecule has 5 heteroatoms. The molecule has 4 nitrogen and oxygen atoms in total. The first kappa shape index (κ1) is 14.9. The maximum absolute atomic E-state index is 13.1. The molecule has 0 spiro atoms. The van der Waals surface area contributed by atoms with E-state index in [0.29, 0.717) is 18.0 Å². The zero-order chi connectivity index (χ0) is 14.5. The van der Waals surface area contributed by atoms with Crippen molar-refractivity contribution in [2.45, 2.75) is 19.4 Å². The molecule has 0 saturated carbocycles. The second-order valence-corrected chi connectivity index (χ2v) is 5.36. The molecule has 1 aliphatic rings. The van der Waals surface area contributed by atoms with E-state index in [1.807, 2.05) is 7.05 Å². The summed E-state index contributed by atoms with van der Waals surface area (Å²) in [6.45, 7) is 3.02. The number of carbonyl (C=O) groups is 1. The first-order valence-corrected chi connectivity index (χ1v) is 6.84. The van der Waals surface area contributed by atoms with Crippen molar-refractivity contribution in [3.05, 3.63) is 35.1 Å². The number of benzene rings is 1. The van der Waals surface area contributed by atoms with Crippen molar-refractivity contribution in [2.24, 2.45) is 5.92 Å². The van der Waals surface area contributed by atoms with Gasteiger partial charge < -0.3 is 14.7 Å². The molecule has 1 aliphatic heterocycles. The van der Waals surface area contributed by atoms with E-state index in [0.717, 1.165) is 38.7 Å². The number of ether oxygens (including phenoxy) is 1. The van der Waals surface area contributed by atoms with E-state index in [-0.39, 0.29) is 5.56 Å². The smallest absolute Gasteiger partial charge is 0.336 e. The van der Waals surface area contributed by atoms with Crippen molar-refractivity contribution < 1.29 is 19.0 Å². The fourth-order valence-corrected chi connectivity index (χ4v) is 2.61. The van der Waals surface area contributed by atoms with Crippen LogP contribution in [0.1, 0.15) is 28.8 Å². The number of hydrogen-bond donors (Lipinski definition) is 1. The largest absolute Gasteiger partial charge is 0.478 e. The van der Waals surface area contributed by atoms with E-state index in [1.54, 1.807) is 6.07 Å². The van der Waals surface area contributed by atoms with Crippen LogP contribution in [0.2, 0.25) is 0 Å². The molecular weight excluding hydrogens is 261 g/mol. The predicted molar refractivity (Wildman–Crippen MR) is 73.2 cm³/mol. The molecule has 0 aromatic heterocycles. The summed E-state index contributed by atoms with van der Waals surface area (Å²) in [5.41, 5.74) is 0.692. The van der Waals surface area contributed by atoms with Crippen LogP contribution in [0, 0.1) is 11.7 Å². The lowest BCUT2D eigenvalue weighted by atomic mass is 9.99. The first-order chi connectivity index (χ1) is 9.56. The predicted octanol–water partition coefficient (Wildman–Crippen LogP) is 2.38. The van der Waals surface area contributed by atoms with Crippen LogP contribution in [-0.4, -0.2) is 42.8 Å². The van der Waals surface area contributed by atoms with E-state index >= 15 is 0 Å². The Hall–Kier alpha value is -1.46. The number of aromatic carboxylic acids is 1. The van der Waals surface area contributed by atoms with Gasteiger partial charge in [0.15, 0.2) is 0 Å². The Balaban J connectivity index is 1.99. The van der Waals surface area contributed by atoms with E-state index in [2.05, 4.69) is 4.90 Å². The Morgan fingerprint density at radius 3 is 2.80 bits per heavy atom. The fourth-order valence-electron chi connectivity index (χ4n) is 2.61. The van der Waals surface area contributed by atoms with E-state index < -0.39 is 11.8 Å². The van der Waals surface area contributed by atoms with Gasteiger partial charge in [-0.05, 0) is 43.5 Å². The fraction of sp³-hybridized carbons (Fsp3) is 0.533. The SMILES string of the molecule is CN(Cc1ccc(F)cc1C(=O)O)CC1CCOCC1. The van der Waals surface area contributed by atoms with Crippen LogP contribution >= 0.6 is 0 Å². The third-order valence-electron chi connectivity index (χ3n) is 3.65. The maximum Gasteiger partial charge on any atom is 0.336 e. The van der Waals surface area contributed by atoms with Crippen molar-refractivity contribution in [1.29, 1.82) is 0 Å². The molecule has 1 saturated heterocycles. The van der Waals surface area contributed by atoms with Crippen molar-refractivity contribution in [2.75, 3.05) is 26.8 Å². The summed E-state index contributed by atoms with van der Waals surface area (Å²) in [7, 11) is 1.96. The second-order valence-electron chi connectivity index (χ2n) is 5.36. The summed E-state index contributed by atoms with van der Waals surface area (Å²) in [6, 6.07) is 3.95. The summed E-state index contributed by atoms with van der Waals surface area (Å²) >= 11 is 0. The van der Waals surface area contributed by atoms with Gasteiger partial charge in [-0.2, -0.15) is 0 Å². The normalized spacial score (nSPS) is 16.6. The minimum absolute atomic E-state index is 0.0452. The first-order valence-electron chi connectivity index (χ1n) is 6.84. The Morgan fingerprint density at radius 2 is 2.15 bits per heavy atom. The molecule has 0 bridgehead atoms. The molecule has 0 unspecified atom stereocenters. The number of halogens is 1. The number of rotatable bonds is 5. The zero-order valence-corrected chi connectivity index (χ0v) is 11.6. The molecule has 0 aliphatic carbocycles. The molecular formula is C15H20FNO3. The van der Waals surface area contributed by atoms with Crippen molar-refractivity contribution >= 4 is 5.97 Å². The van der Waals surface area contributed by atoms with Crippen molar-refractivity contribution in [1.82, 2.24) is 4.90 Å². The van der Waals surface area contributed by atoms with Crippen molar-refractivity contribution in [3.63, 3.8) is 0 Å². The van der Waals surface area contributed by atoms with Crippen LogP contribution in [0.5, 0.6) is 0 Å². The molecule has 1 fully saturated rings. The molecule has 1 aromatic carbocycles. The minimum Gasteiger partial charge on any atom is -0.478 e. The highest BCUT2D eigenvalue weighted by molar-refractivity contribution is 5.89. The lowest BCUT2D eigenvalue weighted by molar-refractivity contribution is 0.0548. The summed E-state index contributed by atoms with van der Waals surface area (Å²) in [5.74, 6) is -1.01. The monoisotopic (exact) mass is 281 g/mol. The van der Waals surface area contributed by atoms with E-state index in [4.69, 9.17) is 9.84 Å². The minimum atomic E-state index is -1.08. The van der Waals surface area contributed by atoms with Gasteiger partial charge in [-0.3, -0.25) is 0 Å². The summed E-state index contributed by atoms with van der Waals surface area (Å²) in [6.07, 6.45) is 2.08. The van der Waals surface area contributed by atoms with Crippen molar-refractivity contribution in [3.8, 4) is 0 Å². The third kappa shape index (κ3) is 4.02. The second kappa shape index (κ2) is 6.81. The molecule has 20 heavy (non-hydrogen) atoms. The Labute approximate surface area is 118 Å². The number of carboxylic acids is 1. The molecule has 110 valence electrons. The molecule has 1 N–H and O–H groups in total. The van der Waals surface area contributed by atoms with Crippen LogP contribution in [0.3, 0.4) is 0 Å². The lowest BCUT2D eigenvalue weighted by Crippen LogP contribution is -2.29. The van der Waals surface area contributed by atoms with Gasteiger partial charge in [-0.15, -0.1) is 0 Å². The topological polar surface area (TPSA) is 49.8 Å². The van der Waals surface area contributed by atoms with Crippen LogP contribution in [-0.2, 0) is 11.3 Å². The highest BCUT2D eigenvalue weighted by Crippen LogP contribution is 2.18. The van der Waals surface area contributed by atoms with Gasteiger partial charge in [0, 0.05) is 26.3 Å². The summed E-state index contributed by atoms with van der Waals surface area (Å²) in [4.78, 5) is 13.2.